The van der Waals surface area contributed by atoms with E-state index in [1.165, 1.54) is 6.07 Å². The molecule has 2 N–H and O–H groups in total. The largest absolute Gasteiger partial charge is 0.443 e. The minimum absolute atomic E-state index is 0.148. The summed E-state index contributed by atoms with van der Waals surface area (Å²) in [6.45, 7) is 7.04. The summed E-state index contributed by atoms with van der Waals surface area (Å²) in [5, 5.41) is 0. The van der Waals surface area contributed by atoms with Crippen LogP contribution in [0.2, 0.25) is 0 Å². The van der Waals surface area contributed by atoms with Gasteiger partial charge in [0.15, 0.2) is 0 Å². The molecule has 9 heteroatoms. The van der Waals surface area contributed by atoms with Crippen molar-refractivity contribution in [3.05, 3.63) is 23.6 Å². The van der Waals surface area contributed by atoms with Crippen molar-refractivity contribution in [2.24, 2.45) is 0 Å². The average Bonchev–Trinajstić information content (AvgIpc) is 2.52. The molecule has 1 aliphatic rings. The maximum atomic E-state index is 13.5. The van der Waals surface area contributed by atoms with Crippen molar-refractivity contribution in [3.8, 4) is 0 Å². The first-order valence-corrected chi connectivity index (χ1v) is 7.55. The molecule has 0 aliphatic carbocycles. The lowest BCUT2D eigenvalue weighted by Gasteiger charge is -2.29. The summed E-state index contributed by atoms with van der Waals surface area (Å²) in [7, 11) is 0. The Morgan fingerprint density at radius 3 is 2.54 bits per heavy atom. The Balaban J connectivity index is 2.07. The lowest BCUT2D eigenvalue weighted by atomic mass is 10.2. The second kappa shape index (κ2) is 7.43. The lowest BCUT2D eigenvalue weighted by Crippen LogP contribution is -2.45. The molecule has 0 radical (unpaired) electrons. The highest BCUT2D eigenvalue weighted by atomic mass is 19.1. The third-order valence-corrected chi connectivity index (χ3v) is 3.07. The van der Waals surface area contributed by atoms with Gasteiger partial charge in [0.2, 0.25) is 5.95 Å². The number of nitrogens with one attached hydrogen (secondary N) is 2. The number of amides is 2. The van der Waals surface area contributed by atoms with Crippen molar-refractivity contribution in [1.82, 2.24) is 15.8 Å². The molecular weight excluding hydrogens is 319 g/mol. The van der Waals surface area contributed by atoms with E-state index in [0.29, 0.717) is 26.3 Å². The zero-order valence-electron chi connectivity index (χ0n) is 13.9. The Hall–Kier alpha value is -2.42. The van der Waals surface area contributed by atoms with Gasteiger partial charge in [-0.3, -0.25) is 10.2 Å². The summed E-state index contributed by atoms with van der Waals surface area (Å²) in [4.78, 5) is 29.4. The van der Waals surface area contributed by atoms with Gasteiger partial charge in [0, 0.05) is 13.1 Å². The molecule has 1 saturated heterocycles. The van der Waals surface area contributed by atoms with Gasteiger partial charge in [-0.05, 0) is 32.9 Å². The molecule has 132 valence electrons. The van der Waals surface area contributed by atoms with Gasteiger partial charge in [0.05, 0.1) is 18.8 Å². The van der Waals surface area contributed by atoms with E-state index in [1.807, 2.05) is 0 Å². The van der Waals surface area contributed by atoms with Gasteiger partial charge < -0.3 is 14.4 Å². The van der Waals surface area contributed by atoms with Crippen molar-refractivity contribution < 1.29 is 23.5 Å². The quantitative estimate of drug-likeness (QED) is 0.621. The zero-order chi connectivity index (χ0) is 17.7. The van der Waals surface area contributed by atoms with Crippen LogP contribution in [0.4, 0.5) is 15.0 Å². The molecule has 1 aromatic heterocycles. The van der Waals surface area contributed by atoms with E-state index in [4.69, 9.17) is 9.47 Å². The molecule has 1 aliphatic heterocycles. The van der Waals surface area contributed by atoms with Crippen molar-refractivity contribution in [1.29, 1.82) is 0 Å². The van der Waals surface area contributed by atoms with Crippen LogP contribution >= 0.6 is 0 Å². The van der Waals surface area contributed by atoms with Crippen LogP contribution in [0.3, 0.4) is 0 Å². The van der Waals surface area contributed by atoms with E-state index in [1.54, 1.807) is 25.7 Å². The van der Waals surface area contributed by atoms with Gasteiger partial charge >= 0.3 is 6.09 Å². The summed E-state index contributed by atoms with van der Waals surface area (Å²) in [5.41, 5.74) is 3.85. The highest BCUT2D eigenvalue weighted by Gasteiger charge is 2.22. The van der Waals surface area contributed by atoms with E-state index in [0.717, 1.165) is 6.07 Å². The Bertz CT molecular complexity index is 612. The van der Waals surface area contributed by atoms with Crippen LogP contribution < -0.4 is 15.8 Å². The van der Waals surface area contributed by atoms with Crippen LogP contribution in [0.1, 0.15) is 31.1 Å². The number of hydrazine groups is 1. The van der Waals surface area contributed by atoms with Gasteiger partial charge in [-0.1, -0.05) is 0 Å². The van der Waals surface area contributed by atoms with Gasteiger partial charge in [-0.15, -0.1) is 0 Å². The second-order valence-corrected chi connectivity index (χ2v) is 6.19. The van der Waals surface area contributed by atoms with Crippen LogP contribution in [0.5, 0.6) is 0 Å². The maximum absolute atomic E-state index is 13.5. The summed E-state index contributed by atoms with van der Waals surface area (Å²) < 4.78 is 23.7. The van der Waals surface area contributed by atoms with Crippen LogP contribution in [0.15, 0.2) is 12.1 Å². The maximum Gasteiger partial charge on any atom is 0.426 e. The molecule has 2 heterocycles. The first kappa shape index (κ1) is 17.9. The molecule has 0 unspecified atom stereocenters. The van der Waals surface area contributed by atoms with Crippen molar-refractivity contribution in [3.63, 3.8) is 0 Å². The molecular formula is C15H21FN4O4. The van der Waals surface area contributed by atoms with E-state index in [-0.39, 0.29) is 11.4 Å². The fourth-order valence-corrected chi connectivity index (χ4v) is 2.10. The van der Waals surface area contributed by atoms with Crippen molar-refractivity contribution in [2.45, 2.75) is 26.4 Å². The lowest BCUT2D eigenvalue weighted by molar-refractivity contribution is 0.0483. The summed E-state index contributed by atoms with van der Waals surface area (Å²) >= 11 is 0. The molecule has 8 nitrogen and oxygen atoms in total. The number of halogens is 1. The zero-order valence-corrected chi connectivity index (χ0v) is 13.9. The van der Waals surface area contributed by atoms with Gasteiger partial charge in [0.1, 0.15) is 11.4 Å². The topological polar surface area (TPSA) is 92.8 Å². The smallest absolute Gasteiger partial charge is 0.426 e. The summed E-state index contributed by atoms with van der Waals surface area (Å²) in [6, 6.07) is 2.41. The van der Waals surface area contributed by atoms with E-state index in [9.17, 15) is 14.0 Å². The van der Waals surface area contributed by atoms with Crippen LogP contribution in [0.25, 0.3) is 0 Å². The highest BCUT2D eigenvalue weighted by Crippen LogP contribution is 2.19. The first-order chi connectivity index (χ1) is 11.3. The molecule has 0 saturated carbocycles. The number of rotatable bonds is 2. The molecule has 1 fully saturated rings. The second-order valence-electron chi connectivity index (χ2n) is 6.19. The molecule has 1 aromatic rings. The number of morpholine rings is 1. The van der Waals surface area contributed by atoms with E-state index in [2.05, 4.69) is 15.8 Å². The minimum Gasteiger partial charge on any atom is -0.443 e. The number of ether oxygens (including phenoxy) is 2. The Kier molecular flexibility index (Phi) is 5.55. The Labute approximate surface area is 139 Å². The van der Waals surface area contributed by atoms with Gasteiger partial charge in [-0.25, -0.2) is 15.2 Å². The Morgan fingerprint density at radius 1 is 1.25 bits per heavy atom. The average molecular weight is 340 g/mol. The summed E-state index contributed by atoms with van der Waals surface area (Å²) in [6.07, 6.45) is -0.793. The summed E-state index contributed by atoms with van der Waals surface area (Å²) in [5.74, 6) is -1.09. The number of pyridine rings is 1. The molecule has 2 amide bonds. The number of hydrogen-bond donors (Lipinski definition) is 2. The normalized spacial score (nSPS) is 14.9. The molecule has 24 heavy (non-hydrogen) atoms. The molecule has 2 rings (SSSR count). The molecule has 0 aromatic carbocycles. The number of aromatic nitrogens is 1. The number of hydrogen-bond acceptors (Lipinski definition) is 6. The fraction of sp³-hybridized carbons (Fsp3) is 0.533. The highest BCUT2D eigenvalue weighted by molar-refractivity contribution is 5.99. The van der Waals surface area contributed by atoms with Crippen molar-refractivity contribution >= 4 is 17.8 Å². The molecule has 0 spiro atoms. The number of carbonyl (C=O) groups is 2. The minimum atomic E-state index is -0.793. The fourth-order valence-electron chi connectivity index (χ4n) is 2.10. The van der Waals surface area contributed by atoms with E-state index >= 15 is 0 Å². The Morgan fingerprint density at radius 2 is 1.92 bits per heavy atom. The SMILES string of the molecule is CC(C)(C)OC(=O)NNC(=O)c1ccc(F)nc1N1CCOCC1. The number of anilines is 1. The predicted molar refractivity (Wildman–Crippen MR) is 84.1 cm³/mol. The van der Waals surface area contributed by atoms with Crippen molar-refractivity contribution in [2.75, 3.05) is 31.2 Å². The number of nitrogens with zero attached hydrogens (tertiary/aromatic N) is 2. The van der Waals surface area contributed by atoms with Crippen LogP contribution in [0, 0.1) is 5.95 Å². The van der Waals surface area contributed by atoms with E-state index < -0.39 is 23.5 Å². The van der Waals surface area contributed by atoms with Gasteiger partial charge in [-0.2, -0.15) is 4.39 Å². The third-order valence-electron chi connectivity index (χ3n) is 3.07. The third kappa shape index (κ3) is 5.05. The van der Waals surface area contributed by atoms with Crippen LogP contribution in [-0.2, 0) is 9.47 Å². The van der Waals surface area contributed by atoms with Crippen LogP contribution in [-0.4, -0.2) is 48.9 Å². The number of carbonyl (C=O) groups excluding carboxylic acids is 2. The molecule has 0 bridgehead atoms. The predicted octanol–water partition coefficient (Wildman–Crippen LogP) is 1.23. The first-order valence-electron chi connectivity index (χ1n) is 7.55. The van der Waals surface area contributed by atoms with Gasteiger partial charge in [0.25, 0.3) is 5.91 Å². The molecule has 0 atom stereocenters. The monoisotopic (exact) mass is 340 g/mol. The standard InChI is InChI=1S/C15H21FN4O4/c1-15(2,3)24-14(22)19-18-13(21)10-4-5-11(16)17-12(10)20-6-8-23-9-7-20/h4-5H,6-9H2,1-3H3,(H,18,21)(H,19,22).